The Kier molecular flexibility index (Phi) is 10.8. The number of allylic oxidation sites excluding steroid dienone is 3. The first-order valence-corrected chi connectivity index (χ1v) is 18.8. The van der Waals surface area contributed by atoms with Crippen molar-refractivity contribution in [3.63, 3.8) is 0 Å². The molecule has 1 saturated carbocycles. The van der Waals surface area contributed by atoms with Gasteiger partial charge in [0.15, 0.2) is 11.6 Å². The van der Waals surface area contributed by atoms with Crippen molar-refractivity contribution < 1.29 is 9.59 Å². The Labute approximate surface area is 293 Å². The summed E-state index contributed by atoms with van der Waals surface area (Å²) in [6.45, 7) is 6.37. The van der Waals surface area contributed by atoms with Gasteiger partial charge in [-0.1, -0.05) is 142 Å². The zero-order chi connectivity index (χ0) is 32.9. The highest BCUT2D eigenvalue weighted by Crippen LogP contribution is 2.42. The summed E-state index contributed by atoms with van der Waals surface area (Å²) in [6, 6.07) is 28.8. The van der Waals surface area contributed by atoms with E-state index < -0.39 is 0 Å². The van der Waals surface area contributed by atoms with Crippen molar-refractivity contribution >= 4 is 47.7 Å². The number of hydrogen-bond acceptors (Lipinski definition) is 5. The second kappa shape index (κ2) is 15.1. The molecule has 4 aromatic carbocycles. The van der Waals surface area contributed by atoms with E-state index in [1.54, 1.807) is 12.1 Å². The van der Waals surface area contributed by atoms with Crippen LogP contribution >= 0.6 is 36.2 Å². The van der Waals surface area contributed by atoms with Gasteiger partial charge in [0.1, 0.15) is 0 Å². The summed E-state index contributed by atoms with van der Waals surface area (Å²) in [5.41, 5.74) is 5.75. The molecule has 0 aliphatic heterocycles. The smallest absolute Gasteiger partial charge is 0.195 e. The van der Waals surface area contributed by atoms with Gasteiger partial charge < -0.3 is 0 Å². The van der Waals surface area contributed by atoms with Crippen molar-refractivity contribution in [1.29, 1.82) is 0 Å². The van der Waals surface area contributed by atoms with Gasteiger partial charge in [0.25, 0.3) is 0 Å². The van der Waals surface area contributed by atoms with E-state index in [9.17, 15) is 9.59 Å². The van der Waals surface area contributed by atoms with Gasteiger partial charge in [0, 0.05) is 47.1 Å². The molecule has 0 bridgehead atoms. The van der Waals surface area contributed by atoms with Crippen LogP contribution in [0, 0.1) is 5.92 Å². The van der Waals surface area contributed by atoms with Crippen LogP contribution in [0.2, 0.25) is 0 Å². The first kappa shape index (κ1) is 33.4. The van der Waals surface area contributed by atoms with E-state index in [-0.39, 0.29) is 16.8 Å². The van der Waals surface area contributed by atoms with Crippen LogP contribution in [0.5, 0.6) is 0 Å². The SMILES string of the molecule is CC.CC1CCC(c2ccc(-c3ccc(Sc4cccc5c4C(=O)c4cccc(SC6=CC=CC(S)C=C6)c4C5=O)cc3)cc2)CC1. The Hall–Kier alpha value is -3.51. The Morgan fingerprint density at radius 2 is 1.21 bits per heavy atom. The molecular formula is C42H40O2S3. The van der Waals surface area contributed by atoms with Crippen molar-refractivity contribution in [2.45, 2.75) is 72.3 Å². The summed E-state index contributed by atoms with van der Waals surface area (Å²) in [6.07, 6.45) is 15.2. The summed E-state index contributed by atoms with van der Waals surface area (Å²) in [7, 11) is 0. The maximum Gasteiger partial charge on any atom is 0.195 e. The van der Waals surface area contributed by atoms with E-state index >= 15 is 0 Å². The molecule has 0 radical (unpaired) electrons. The Bertz CT molecular complexity index is 1860. The van der Waals surface area contributed by atoms with E-state index in [4.69, 9.17) is 0 Å². The van der Waals surface area contributed by atoms with Gasteiger partial charge in [0.05, 0.1) is 0 Å². The molecule has 3 aliphatic rings. The third kappa shape index (κ3) is 7.33. The summed E-state index contributed by atoms with van der Waals surface area (Å²) < 4.78 is 0. The molecule has 2 nitrogen and oxygen atoms in total. The zero-order valence-corrected chi connectivity index (χ0v) is 29.6. The Morgan fingerprint density at radius 1 is 0.660 bits per heavy atom. The van der Waals surface area contributed by atoms with Crippen LogP contribution in [0.3, 0.4) is 0 Å². The van der Waals surface area contributed by atoms with Crippen LogP contribution in [0.15, 0.2) is 135 Å². The lowest BCUT2D eigenvalue weighted by molar-refractivity contribution is 0.0974. The maximum atomic E-state index is 14.0. The second-order valence-electron chi connectivity index (χ2n) is 12.1. The minimum absolute atomic E-state index is 0.0490. The quantitative estimate of drug-likeness (QED) is 0.182. The standard InChI is InChI=1S/C40H34O2S3.C2H6/c1-25-11-13-26(14-12-25)27-15-17-28(18-16-27)29-19-22-32(23-20-29)45-36-10-4-8-34-38(36)40(42)33-7-3-9-35(37(33)39(34)41)44-31-6-2-5-30(43)21-24-31;1-2/h2-10,15-26,30,43H,11-14H2,1H3;1-2H3. The van der Waals surface area contributed by atoms with E-state index in [2.05, 4.69) is 68.1 Å². The van der Waals surface area contributed by atoms with Crippen molar-refractivity contribution in [1.82, 2.24) is 0 Å². The fraction of sp³-hybridized carbons (Fsp3) is 0.238. The number of rotatable bonds is 6. The lowest BCUT2D eigenvalue weighted by atomic mass is 9.79. The van der Waals surface area contributed by atoms with Crippen molar-refractivity contribution in [3.05, 3.63) is 148 Å². The van der Waals surface area contributed by atoms with Gasteiger partial charge in [-0.05, 0) is 71.7 Å². The molecule has 3 aliphatic carbocycles. The van der Waals surface area contributed by atoms with Gasteiger partial charge in [-0.25, -0.2) is 0 Å². The molecule has 47 heavy (non-hydrogen) atoms. The number of thiol groups is 1. The van der Waals surface area contributed by atoms with Gasteiger partial charge in [-0.3, -0.25) is 9.59 Å². The van der Waals surface area contributed by atoms with Crippen LogP contribution in [0.4, 0.5) is 0 Å². The van der Waals surface area contributed by atoms with Crippen molar-refractivity contribution in [3.8, 4) is 11.1 Å². The molecule has 0 N–H and O–H groups in total. The monoisotopic (exact) mass is 672 g/mol. The minimum atomic E-state index is -0.104. The average Bonchev–Trinajstić information content (AvgIpc) is 3.32. The van der Waals surface area contributed by atoms with Gasteiger partial charge >= 0.3 is 0 Å². The molecule has 0 aromatic heterocycles. The topological polar surface area (TPSA) is 34.1 Å². The number of carbonyl (C=O) groups excluding carboxylic acids is 2. The van der Waals surface area contributed by atoms with Crippen molar-refractivity contribution in [2.75, 3.05) is 0 Å². The summed E-state index contributed by atoms with van der Waals surface area (Å²) >= 11 is 7.54. The molecule has 1 atom stereocenters. The predicted molar refractivity (Wildman–Crippen MR) is 202 cm³/mol. The van der Waals surface area contributed by atoms with Crippen LogP contribution in [-0.4, -0.2) is 16.8 Å². The summed E-state index contributed by atoms with van der Waals surface area (Å²) in [5, 5.41) is 0.0490. The molecular weight excluding hydrogens is 633 g/mol. The fourth-order valence-corrected chi connectivity index (χ4v) is 8.67. The van der Waals surface area contributed by atoms with Gasteiger partial charge in [0.2, 0.25) is 0 Å². The Balaban J connectivity index is 0.00000190. The molecule has 7 rings (SSSR count). The molecule has 0 spiro atoms. The lowest BCUT2D eigenvalue weighted by Crippen LogP contribution is -2.22. The average molecular weight is 673 g/mol. The maximum absolute atomic E-state index is 14.0. The number of ketones is 2. The van der Waals surface area contributed by atoms with Crippen LogP contribution in [-0.2, 0) is 0 Å². The number of hydrogen-bond donors (Lipinski definition) is 1. The van der Waals surface area contributed by atoms with E-state index in [1.165, 1.54) is 65.9 Å². The van der Waals surface area contributed by atoms with Crippen LogP contribution in [0.1, 0.15) is 89.8 Å². The van der Waals surface area contributed by atoms with Crippen molar-refractivity contribution in [2.24, 2.45) is 5.92 Å². The summed E-state index contributed by atoms with van der Waals surface area (Å²) in [4.78, 5) is 31.5. The molecule has 0 amide bonds. The largest absolute Gasteiger partial charge is 0.289 e. The molecule has 1 unspecified atom stereocenters. The van der Waals surface area contributed by atoms with Crippen LogP contribution < -0.4 is 0 Å². The summed E-state index contributed by atoms with van der Waals surface area (Å²) in [5.74, 6) is 1.34. The molecule has 238 valence electrons. The molecule has 5 heteroatoms. The molecule has 0 heterocycles. The second-order valence-corrected chi connectivity index (χ2v) is 15.0. The normalized spacial score (nSPS) is 20.0. The van der Waals surface area contributed by atoms with Gasteiger partial charge in [-0.2, -0.15) is 12.6 Å². The zero-order valence-electron chi connectivity index (χ0n) is 27.1. The molecule has 4 aromatic rings. The van der Waals surface area contributed by atoms with E-state index in [0.717, 1.165) is 25.5 Å². The first-order chi connectivity index (χ1) is 22.9. The Morgan fingerprint density at radius 3 is 1.81 bits per heavy atom. The number of benzene rings is 4. The lowest BCUT2D eigenvalue weighted by Gasteiger charge is -2.26. The third-order valence-electron chi connectivity index (χ3n) is 9.06. The van der Waals surface area contributed by atoms with E-state index in [0.29, 0.717) is 28.2 Å². The number of carbonyl (C=O) groups is 2. The van der Waals surface area contributed by atoms with Gasteiger partial charge in [-0.15, -0.1) is 0 Å². The molecule has 0 saturated heterocycles. The third-order valence-corrected chi connectivity index (χ3v) is 11.5. The highest BCUT2D eigenvalue weighted by Gasteiger charge is 2.34. The first-order valence-electron chi connectivity index (χ1n) is 16.6. The highest BCUT2D eigenvalue weighted by molar-refractivity contribution is 8.03. The number of fused-ring (bicyclic) bond motifs is 2. The minimum Gasteiger partial charge on any atom is -0.289 e. The fourth-order valence-electron chi connectivity index (χ4n) is 6.50. The highest BCUT2D eigenvalue weighted by atomic mass is 32.2. The van der Waals surface area contributed by atoms with Crippen LogP contribution in [0.25, 0.3) is 11.1 Å². The predicted octanol–water partition coefficient (Wildman–Crippen LogP) is 12.0. The number of thioether (sulfide) groups is 1. The molecule has 1 fully saturated rings. The van der Waals surface area contributed by atoms with E-state index in [1.807, 2.05) is 68.5 Å².